The summed E-state index contributed by atoms with van der Waals surface area (Å²) in [5, 5.41) is 0. The zero-order valence-corrected chi connectivity index (χ0v) is 12.1. The van der Waals surface area contributed by atoms with E-state index in [0.717, 1.165) is 25.0 Å². The topological polar surface area (TPSA) is 35.5 Å². The molecule has 0 spiro atoms. The number of ether oxygens (including phenoxy) is 2. The van der Waals surface area contributed by atoms with Gasteiger partial charge in [-0.15, -0.1) is 0 Å². The summed E-state index contributed by atoms with van der Waals surface area (Å²) in [6.45, 7) is 6.85. The Kier molecular flexibility index (Phi) is 7.01. The lowest BCUT2D eigenvalue weighted by molar-refractivity contribution is -0.146. The van der Waals surface area contributed by atoms with E-state index in [1.165, 1.54) is 5.56 Å². The molecule has 0 aliphatic carbocycles. The van der Waals surface area contributed by atoms with E-state index in [-0.39, 0.29) is 12.6 Å². The van der Waals surface area contributed by atoms with Crippen LogP contribution in [-0.4, -0.2) is 19.2 Å². The van der Waals surface area contributed by atoms with E-state index in [1.807, 2.05) is 18.2 Å². The molecular formula is C16H24O3. The van der Waals surface area contributed by atoms with Gasteiger partial charge >= 0.3 is 5.97 Å². The monoisotopic (exact) mass is 264 g/mol. The summed E-state index contributed by atoms with van der Waals surface area (Å²) in [5.41, 5.74) is 1.24. The van der Waals surface area contributed by atoms with Crippen molar-refractivity contribution in [2.75, 3.05) is 13.2 Å². The van der Waals surface area contributed by atoms with Crippen molar-refractivity contribution in [3.05, 3.63) is 29.8 Å². The van der Waals surface area contributed by atoms with Gasteiger partial charge < -0.3 is 9.47 Å². The van der Waals surface area contributed by atoms with E-state index in [4.69, 9.17) is 9.47 Å². The maximum Gasteiger partial charge on any atom is 0.344 e. The Hall–Kier alpha value is -1.51. The Morgan fingerprint density at radius 2 is 2.11 bits per heavy atom. The van der Waals surface area contributed by atoms with Crippen LogP contribution in [-0.2, 0) is 9.53 Å². The van der Waals surface area contributed by atoms with Gasteiger partial charge in [0.1, 0.15) is 5.75 Å². The first-order valence-corrected chi connectivity index (χ1v) is 7.05. The van der Waals surface area contributed by atoms with Crippen molar-refractivity contribution >= 4 is 5.97 Å². The first-order chi connectivity index (χ1) is 9.17. The van der Waals surface area contributed by atoms with Crippen LogP contribution in [0.4, 0.5) is 0 Å². The van der Waals surface area contributed by atoms with Gasteiger partial charge in [-0.2, -0.15) is 0 Å². The van der Waals surface area contributed by atoms with Gasteiger partial charge in [-0.05, 0) is 36.5 Å². The number of unbranched alkanes of at least 4 members (excludes halogenated alkanes) is 1. The lowest BCUT2D eigenvalue weighted by Gasteiger charge is -2.11. The molecule has 0 aromatic heterocycles. The van der Waals surface area contributed by atoms with Crippen molar-refractivity contribution in [2.24, 2.45) is 0 Å². The fraction of sp³-hybridized carbons (Fsp3) is 0.562. The van der Waals surface area contributed by atoms with E-state index >= 15 is 0 Å². The molecule has 106 valence electrons. The molecule has 0 amide bonds. The summed E-state index contributed by atoms with van der Waals surface area (Å²) in [7, 11) is 0. The highest BCUT2D eigenvalue weighted by atomic mass is 16.6. The van der Waals surface area contributed by atoms with E-state index in [0.29, 0.717) is 12.5 Å². The molecule has 0 saturated carbocycles. The molecule has 1 unspecified atom stereocenters. The van der Waals surface area contributed by atoms with Crippen LogP contribution in [0.2, 0.25) is 0 Å². The SMILES string of the molecule is CCCCOC(=O)COc1cccc(C(C)CC)c1. The average molecular weight is 264 g/mol. The Morgan fingerprint density at radius 3 is 2.79 bits per heavy atom. The second-order valence-electron chi connectivity index (χ2n) is 4.74. The van der Waals surface area contributed by atoms with Crippen LogP contribution >= 0.6 is 0 Å². The minimum absolute atomic E-state index is 0.0202. The lowest BCUT2D eigenvalue weighted by atomic mass is 9.99. The second kappa shape index (κ2) is 8.57. The molecule has 1 aromatic carbocycles. The maximum absolute atomic E-state index is 11.4. The third kappa shape index (κ3) is 5.77. The van der Waals surface area contributed by atoms with Gasteiger partial charge in [-0.25, -0.2) is 4.79 Å². The highest BCUT2D eigenvalue weighted by Crippen LogP contribution is 2.22. The molecule has 1 atom stereocenters. The van der Waals surface area contributed by atoms with Crippen LogP contribution in [0.3, 0.4) is 0 Å². The third-order valence-electron chi connectivity index (χ3n) is 3.16. The van der Waals surface area contributed by atoms with Crippen molar-refractivity contribution in [2.45, 2.75) is 46.0 Å². The summed E-state index contributed by atoms with van der Waals surface area (Å²) < 4.78 is 10.5. The summed E-state index contributed by atoms with van der Waals surface area (Å²) in [6.07, 6.45) is 3.00. The lowest BCUT2D eigenvalue weighted by Crippen LogP contribution is -2.15. The van der Waals surface area contributed by atoms with Gasteiger partial charge in [0, 0.05) is 0 Å². The van der Waals surface area contributed by atoms with Gasteiger partial charge in [0.05, 0.1) is 6.61 Å². The Morgan fingerprint density at radius 1 is 1.32 bits per heavy atom. The normalized spacial score (nSPS) is 11.9. The number of esters is 1. The van der Waals surface area contributed by atoms with Crippen LogP contribution in [0.1, 0.15) is 51.5 Å². The fourth-order valence-corrected chi connectivity index (χ4v) is 1.66. The molecule has 0 saturated heterocycles. The predicted octanol–water partition coefficient (Wildman–Crippen LogP) is 3.92. The van der Waals surface area contributed by atoms with Gasteiger partial charge in [0.15, 0.2) is 6.61 Å². The summed E-state index contributed by atoms with van der Waals surface area (Å²) in [5.74, 6) is 0.924. The molecule has 0 aliphatic rings. The van der Waals surface area contributed by atoms with E-state index in [2.05, 4.69) is 26.8 Å². The van der Waals surface area contributed by atoms with Crippen molar-refractivity contribution in [1.82, 2.24) is 0 Å². The zero-order valence-electron chi connectivity index (χ0n) is 12.1. The molecular weight excluding hydrogens is 240 g/mol. The smallest absolute Gasteiger partial charge is 0.344 e. The summed E-state index contributed by atoms with van der Waals surface area (Å²) in [4.78, 5) is 11.4. The van der Waals surface area contributed by atoms with Gasteiger partial charge in [-0.1, -0.05) is 39.3 Å². The second-order valence-corrected chi connectivity index (χ2v) is 4.74. The van der Waals surface area contributed by atoms with Crippen molar-refractivity contribution in [1.29, 1.82) is 0 Å². The number of hydrogen-bond acceptors (Lipinski definition) is 3. The molecule has 0 bridgehead atoms. The number of rotatable bonds is 8. The molecule has 0 aliphatic heterocycles. The van der Waals surface area contributed by atoms with Crippen LogP contribution in [0.15, 0.2) is 24.3 Å². The number of hydrogen-bond donors (Lipinski definition) is 0. The zero-order chi connectivity index (χ0) is 14.1. The molecule has 0 fully saturated rings. The molecule has 3 nitrogen and oxygen atoms in total. The molecule has 19 heavy (non-hydrogen) atoms. The predicted molar refractivity (Wildman–Crippen MR) is 76.5 cm³/mol. The van der Waals surface area contributed by atoms with Crippen LogP contribution in [0.25, 0.3) is 0 Å². The number of carbonyl (C=O) groups excluding carboxylic acids is 1. The maximum atomic E-state index is 11.4. The molecule has 3 heteroatoms. The highest BCUT2D eigenvalue weighted by molar-refractivity contribution is 5.71. The Bertz CT molecular complexity index is 387. The van der Waals surface area contributed by atoms with Crippen molar-refractivity contribution in [3.63, 3.8) is 0 Å². The van der Waals surface area contributed by atoms with E-state index < -0.39 is 0 Å². The molecule has 1 aromatic rings. The first kappa shape index (κ1) is 15.5. The third-order valence-corrected chi connectivity index (χ3v) is 3.16. The van der Waals surface area contributed by atoms with Crippen LogP contribution in [0, 0.1) is 0 Å². The number of benzene rings is 1. The average Bonchev–Trinajstić information content (AvgIpc) is 2.45. The Labute approximate surface area is 115 Å². The quantitative estimate of drug-likeness (QED) is 0.527. The summed E-state index contributed by atoms with van der Waals surface area (Å²) >= 11 is 0. The first-order valence-electron chi connectivity index (χ1n) is 7.05. The molecule has 1 rings (SSSR count). The number of carbonyl (C=O) groups is 1. The van der Waals surface area contributed by atoms with Gasteiger partial charge in [-0.3, -0.25) is 0 Å². The van der Waals surface area contributed by atoms with Crippen molar-refractivity contribution in [3.8, 4) is 5.75 Å². The fourth-order valence-electron chi connectivity index (χ4n) is 1.66. The molecule has 0 radical (unpaired) electrons. The molecule has 0 heterocycles. The largest absolute Gasteiger partial charge is 0.482 e. The Balaban J connectivity index is 2.42. The van der Waals surface area contributed by atoms with Gasteiger partial charge in [0.25, 0.3) is 0 Å². The standard InChI is InChI=1S/C16H24O3/c1-4-6-10-18-16(17)12-19-15-9-7-8-14(11-15)13(3)5-2/h7-9,11,13H,4-6,10,12H2,1-3H3. The van der Waals surface area contributed by atoms with Gasteiger partial charge in [0.2, 0.25) is 0 Å². The van der Waals surface area contributed by atoms with Crippen LogP contribution < -0.4 is 4.74 Å². The molecule has 0 N–H and O–H groups in total. The van der Waals surface area contributed by atoms with Crippen molar-refractivity contribution < 1.29 is 14.3 Å². The van der Waals surface area contributed by atoms with Crippen LogP contribution in [0.5, 0.6) is 5.75 Å². The summed E-state index contributed by atoms with van der Waals surface area (Å²) in [6, 6.07) is 7.90. The van der Waals surface area contributed by atoms with E-state index in [1.54, 1.807) is 0 Å². The minimum Gasteiger partial charge on any atom is -0.482 e. The highest BCUT2D eigenvalue weighted by Gasteiger charge is 2.06. The van der Waals surface area contributed by atoms with E-state index in [9.17, 15) is 4.79 Å². The minimum atomic E-state index is -0.303.